The third-order valence-corrected chi connectivity index (χ3v) is 5.63. The highest BCUT2D eigenvalue weighted by atomic mass is 32.2. The Balaban J connectivity index is 1.69. The molecule has 1 fully saturated rings. The molecule has 0 aromatic heterocycles. The van der Waals surface area contributed by atoms with Crippen LogP contribution in [0.15, 0.2) is 59.5 Å². The summed E-state index contributed by atoms with van der Waals surface area (Å²) in [6.07, 6.45) is 1.74. The zero-order valence-electron chi connectivity index (χ0n) is 13.3. The maximum Gasteiger partial charge on any atom is 0.251 e. The first-order valence-electron chi connectivity index (χ1n) is 8.02. The number of carbonyl (C=O) groups is 1. The summed E-state index contributed by atoms with van der Waals surface area (Å²) < 4.78 is 18.7. The molecule has 0 radical (unpaired) electrons. The molecule has 1 heterocycles. The van der Waals surface area contributed by atoms with E-state index in [1.165, 1.54) is 17.0 Å². The minimum absolute atomic E-state index is 0.0947. The Morgan fingerprint density at radius 1 is 1.12 bits per heavy atom. The lowest BCUT2D eigenvalue weighted by atomic mass is 9.99. The number of rotatable bonds is 5. The molecule has 2 aromatic rings. The van der Waals surface area contributed by atoms with E-state index in [-0.39, 0.29) is 10.7 Å². The molecular formula is C19H20FNO2S. The summed E-state index contributed by atoms with van der Waals surface area (Å²) in [7, 11) is 0. The monoisotopic (exact) mass is 345 g/mol. The third-order valence-electron chi connectivity index (χ3n) is 4.14. The third kappa shape index (κ3) is 4.36. The van der Waals surface area contributed by atoms with Gasteiger partial charge < -0.3 is 10.1 Å². The molecular weight excluding hydrogens is 325 g/mol. The van der Waals surface area contributed by atoms with Gasteiger partial charge in [-0.3, -0.25) is 4.79 Å². The van der Waals surface area contributed by atoms with Crippen LogP contribution in [0.25, 0.3) is 0 Å². The molecule has 0 unspecified atom stereocenters. The SMILES string of the molecule is O=C(NCC1(Sc2ccccc2)CCOCC1)c1cccc(F)c1. The van der Waals surface area contributed by atoms with Crippen LogP contribution in [0.2, 0.25) is 0 Å². The number of nitrogens with one attached hydrogen (secondary N) is 1. The predicted molar refractivity (Wildman–Crippen MR) is 93.8 cm³/mol. The summed E-state index contributed by atoms with van der Waals surface area (Å²) in [6, 6.07) is 15.9. The van der Waals surface area contributed by atoms with Crippen LogP contribution in [0.3, 0.4) is 0 Å². The normalized spacial score (nSPS) is 16.5. The number of thioether (sulfide) groups is 1. The van der Waals surface area contributed by atoms with Crippen LogP contribution in [0.5, 0.6) is 0 Å². The van der Waals surface area contributed by atoms with Crippen molar-refractivity contribution in [2.45, 2.75) is 22.5 Å². The number of carbonyl (C=O) groups excluding carboxylic acids is 1. The highest BCUT2D eigenvalue weighted by molar-refractivity contribution is 8.00. The lowest BCUT2D eigenvalue weighted by molar-refractivity contribution is 0.0741. The summed E-state index contributed by atoms with van der Waals surface area (Å²) in [5.41, 5.74) is 0.349. The standard InChI is InChI=1S/C19H20FNO2S/c20-16-6-4-5-15(13-16)18(22)21-14-19(9-11-23-12-10-19)24-17-7-2-1-3-8-17/h1-8,13H,9-12,14H2,(H,21,22). The van der Waals surface area contributed by atoms with Crippen molar-refractivity contribution in [2.75, 3.05) is 19.8 Å². The van der Waals surface area contributed by atoms with Gasteiger partial charge in [0.2, 0.25) is 0 Å². The predicted octanol–water partition coefficient (Wildman–Crippen LogP) is 3.90. The number of amides is 1. The van der Waals surface area contributed by atoms with E-state index in [4.69, 9.17) is 4.74 Å². The molecule has 1 aliphatic rings. The summed E-state index contributed by atoms with van der Waals surface area (Å²) in [4.78, 5) is 13.5. The molecule has 126 valence electrons. The summed E-state index contributed by atoms with van der Waals surface area (Å²) in [6.45, 7) is 1.91. The summed E-state index contributed by atoms with van der Waals surface area (Å²) in [5.74, 6) is -0.642. The molecule has 0 aliphatic carbocycles. The van der Waals surface area contributed by atoms with Gasteiger partial charge in [0.1, 0.15) is 5.82 Å². The maximum absolute atomic E-state index is 13.3. The van der Waals surface area contributed by atoms with Crippen LogP contribution in [0, 0.1) is 5.82 Å². The van der Waals surface area contributed by atoms with Crippen molar-refractivity contribution < 1.29 is 13.9 Å². The van der Waals surface area contributed by atoms with Crippen molar-refractivity contribution in [3.05, 3.63) is 66.0 Å². The topological polar surface area (TPSA) is 38.3 Å². The first-order valence-corrected chi connectivity index (χ1v) is 8.84. The van der Waals surface area contributed by atoms with Gasteiger partial charge in [-0.1, -0.05) is 24.3 Å². The number of hydrogen-bond donors (Lipinski definition) is 1. The largest absolute Gasteiger partial charge is 0.381 e. The van der Waals surface area contributed by atoms with E-state index in [2.05, 4.69) is 17.4 Å². The van der Waals surface area contributed by atoms with E-state index in [0.717, 1.165) is 12.8 Å². The fraction of sp³-hybridized carbons (Fsp3) is 0.316. The van der Waals surface area contributed by atoms with Crippen molar-refractivity contribution in [1.82, 2.24) is 5.32 Å². The van der Waals surface area contributed by atoms with Gasteiger partial charge in [-0.15, -0.1) is 11.8 Å². The Kier molecular flexibility index (Phi) is 5.53. The van der Waals surface area contributed by atoms with Gasteiger partial charge in [0, 0.05) is 35.0 Å². The van der Waals surface area contributed by atoms with Gasteiger partial charge in [0.15, 0.2) is 0 Å². The van der Waals surface area contributed by atoms with E-state index in [0.29, 0.717) is 25.3 Å². The van der Waals surface area contributed by atoms with Crippen molar-refractivity contribution in [3.63, 3.8) is 0 Å². The fourth-order valence-electron chi connectivity index (χ4n) is 2.77. The summed E-state index contributed by atoms with van der Waals surface area (Å²) >= 11 is 1.78. The second-order valence-electron chi connectivity index (χ2n) is 5.90. The van der Waals surface area contributed by atoms with E-state index >= 15 is 0 Å². The van der Waals surface area contributed by atoms with Crippen molar-refractivity contribution >= 4 is 17.7 Å². The highest BCUT2D eigenvalue weighted by Crippen LogP contribution is 2.40. The molecule has 1 saturated heterocycles. The Bertz CT molecular complexity index is 687. The molecule has 2 aromatic carbocycles. The molecule has 0 saturated carbocycles. The zero-order chi connectivity index (χ0) is 16.8. The van der Waals surface area contributed by atoms with E-state index < -0.39 is 5.82 Å². The van der Waals surface area contributed by atoms with Crippen LogP contribution in [0.1, 0.15) is 23.2 Å². The first kappa shape index (κ1) is 17.0. The number of hydrogen-bond acceptors (Lipinski definition) is 3. The first-order chi connectivity index (χ1) is 11.7. The fourth-order valence-corrected chi connectivity index (χ4v) is 4.08. The van der Waals surface area contributed by atoms with Gasteiger partial charge in [0.25, 0.3) is 5.91 Å². The molecule has 1 amide bonds. The average molecular weight is 345 g/mol. The highest BCUT2D eigenvalue weighted by Gasteiger charge is 2.34. The van der Waals surface area contributed by atoms with Gasteiger partial charge in [0.05, 0.1) is 0 Å². The minimum atomic E-state index is -0.401. The van der Waals surface area contributed by atoms with E-state index in [9.17, 15) is 9.18 Å². The maximum atomic E-state index is 13.3. The van der Waals surface area contributed by atoms with Crippen molar-refractivity contribution in [1.29, 1.82) is 0 Å². The Morgan fingerprint density at radius 3 is 2.58 bits per heavy atom. The minimum Gasteiger partial charge on any atom is -0.381 e. The zero-order valence-corrected chi connectivity index (χ0v) is 14.2. The molecule has 0 bridgehead atoms. The van der Waals surface area contributed by atoms with E-state index in [1.807, 2.05) is 18.2 Å². The molecule has 0 spiro atoms. The van der Waals surface area contributed by atoms with Crippen molar-refractivity contribution in [3.8, 4) is 0 Å². The lowest BCUT2D eigenvalue weighted by Gasteiger charge is -2.36. The molecule has 0 atom stereocenters. The number of halogens is 1. The molecule has 24 heavy (non-hydrogen) atoms. The Morgan fingerprint density at radius 2 is 1.88 bits per heavy atom. The molecule has 1 N–H and O–H groups in total. The van der Waals surface area contributed by atoms with Crippen LogP contribution in [-0.4, -0.2) is 30.4 Å². The number of ether oxygens (including phenoxy) is 1. The molecule has 3 nitrogen and oxygen atoms in total. The smallest absolute Gasteiger partial charge is 0.251 e. The quantitative estimate of drug-likeness (QED) is 0.893. The second-order valence-corrected chi connectivity index (χ2v) is 7.45. The number of benzene rings is 2. The Labute approximate surface area is 145 Å². The van der Waals surface area contributed by atoms with Crippen molar-refractivity contribution in [2.24, 2.45) is 0 Å². The van der Waals surface area contributed by atoms with Gasteiger partial charge in [-0.2, -0.15) is 0 Å². The lowest BCUT2D eigenvalue weighted by Crippen LogP contribution is -2.44. The van der Waals surface area contributed by atoms with Gasteiger partial charge in [-0.25, -0.2) is 4.39 Å². The average Bonchev–Trinajstić information content (AvgIpc) is 2.61. The molecule has 3 rings (SSSR count). The second kappa shape index (κ2) is 7.81. The molecule has 1 aliphatic heterocycles. The van der Waals surface area contributed by atoms with Crippen LogP contribution < -0.4 is 5.32 Å². The van der Waals surface area contributed by atoms with Crippen LogP contribution >= 0.6 is 11.8 Å². The van der Waals surface area contributed by atoms with E-state index in [1.54, 1.807) is 23.9 Å². The van der Waals surface area contributed by atoms with Gasteiger partial charge >= 0.3 is 0 Å². The van der Waals surface area contributed by atoms with Gasteiger partial charge in [-0.05, 0) is 43.2 Å². The van der Waals surface area contributed by atoms with Crippen LogP contribution in [-0.2, 0) is 4.74 Å². The van der Waals surface area contributed by atoms with Crippen LogP contribution in [0.4, 0.5) is 4.39 Å². The summed E-state index contributed by atoms with van der Waals surface area (Å²) in [5, 5.41) is 2.97. The molecule has 5 heteroatoms. The Hall–Kier alpha value is -1.85.